The van der Waals surface area contributed by atoms with Gasteiger partial charge in [0.25, 0.3) is 0 Å². The summed E-state index contributed by atoms with van der Waals surface area (Å²) < 4.78 is 18.7. The molecule has 1 aromatic carbocycles. The highest BCUT2D eigenvalue weighted by Gasteiger charge is 2.07. The van der Waals surface area contributed by atoms with Crippen LogP contribution in [0.5, 0.6) is 0 Å². The fourth-order valence-electron chi connectivity index (χ4n) is 1.36. The van der Waals surface area contributed by atoms with Gasteiger partial charge in [0.1, 0.15) is 12.4 Å². The van der Waals surface area contributed by atoms with E-state index in [2.05, 4.69) is 17.2 Å². The smallest absolute Gasteiger partial charge is 0.226 e. The van der Waals surface area contributed by atoms with E-state index in [1.807, 2.05) is 6.92 Å². The highest BCUT2D eigenvalue weighted by molar-refractivity contribution is 5.90. The van der Waals surface area contributed by atoms with E-state index < -0.39 is 5.82 Å². The van der Waals surface area contributed by atoms with Gasteiger partial charge in [-0.2, -0.15) is 0 Å². The molecular formula is C14H16FNO3. The van der Waals surface area contributed by atoms with Crippen molar-refractivity contribution in [1.82, 2.24) is 0 Å². The first-order chi connectivity index (χ1) is 9.17. The Labute approximate surface area is 111 Å². The van der Waals surface area contributed by atoms with Crippen molar-refractivity contribution in [2.75, 3.05) is 25.1 Å². The Morgan fingerprint density at radius 1 is 1.53 bits per heavy atom. The van der Waals surface area contributed by atoms with Crippen molar-refractivity contribution in [1.29, 1.82) is 0 Å². The number of rotatable bonds is 5. The highest BCUT2D eigenvalue weighted by atomic mass is 19.1. The molecule has 0 saturated carbocycles. The van der Waals surface area contributed by atoms with Gasteiger partial charge in [-0.1, -0.05) is 11.8 Å². The van der Waals surface area contributed by atoms with Gasteiger partial charge in [-0.25, -0.2) is 4.39 Å². The van der Waals surface area contributed by atoms with E-state index in [1.54, 1.807) is 6.07 Å². The number of aliphatic hydroxyl groups excluding tert-OH is 1. The van der Waals surface area contributed by atoms with Gasteiger partial charge in [-0.3, -0.25) is 4.79 Å². The van der Waals surface area contributed by atoms with Gasteiger partial charge < -0.3 is 15.2 Å². The zero-order chi connectivity index (χ0) is 14.1. The maximum absolute atomic E-state index is 13.6. The SMILES string of the molecule is CCOCCC(=O)Nc1ccc(C#CCO)cc1F. The zero-order valence-corrected chi connectivity index (χ0v) is 10.7. The quantitative estimate of drug-likeness (QED) is 0.627. The molecule has 0 aliphatic carbocycles. The summed E-state index contributed by atoms with van der Waals surface area (Å²) in [6, 6.07) is 4.22. The van der Waals surface area contributed by atoms with E-state index in [9.17, 15) is 9.18 Å². The fraction of sp³-hybridized carbons (Fsp3) is 0.357. The van der Waals surface area contributed by atoms with E-state index in [0.717, 1.165) is 0 Å². The Morgan fingerprint density at radius 3 is 2.95 bits per heavy atom. The number of carbonyl (C=O) groups excluding carboxylic acids is 1. The molecule has 0 atom stereocenters. The largest absolute Gasteiger partial charge is 0.384 e. The normalized spacial score (nSPS) is 9.63. The summed E-state index contributed by atoms with van der Waals surface area (Å²) in [5.74, 6) is 4.14. The molecule has 0 fully saturated rings. The van der Waals surface area contributed by atoms with Crippen molar-refractivity contribution in [2.24, 2.45) is 0 Å². The van der Waals surface area contributed by atoms with Gasteiger partial charge in [-0.05, 0) is 25.1 Å². The Bertz CT molecular complexity index is 491. The van der Waals surface area contributed by atoms with Crippen LogP contribution in [0.3, 0.4) is 0 Å². The molecule has 0 aliphatic rings. The van der Waals surface area contributed by atoms with Crippen LogP contribution in [-0.4, -0.2) is 30.8 Å². The third-order valence-corrected chi connectivity index (χ3v) is 2.23. The first-order valence-electron chi connectivity index (χ1n) is 5.94. The molecule has 0 unspecified atom stereocenters. The Hall–Kier alpha value is -1.90. The van der Waals surface area contributed by atoms with Crippen LogP contribution in [-0.2, 0) is 9.53 Å². The van der Waals surface area contributed by atoms with Crippen molar-refractivity contribution in [3.63, 3.8) is 0 Å². The number of halogens is 1. The van der Waals surface area contributed by atoms with Gasteiger partial charge in [-0.15, -0.1) is 0 Å². The molecule has 5 heteroatoms. The second-order valence-electron chi connectivity index (χ2n) is 3.65. The predicted molar refractivity (Wildman–Crippen MR) is 70.1 cm³/mol. The molecule has 19 heavy (non-hydrogen) atoms. The van der Waals surface area contributed by atoms with Crippen molar-refractivity contribution in [2.45, 2.75) is 13.3 Å². The number of anilines is 1. The van der Waals surface area contributed by atoms with E-state index in [4.69, 9.17) is 9.84 Å². The van der Waals surface area contributed by atoms with Crippen molar-refractivity contribution >= 4 is 11.6 Å². The lowest BCUT2D eigenvalue weighted by Gasteiger charge is -2.06. The molecule has 0 bridgehead atoms. The minimum absolute atomic E-state index is 0.107. The van der Waals surface area contributed by atoms with Crippen molar-refractivity contribution < 1.29 is 19.0 Å². The first kappa shape index (κ1) is 15.2. The molecule has 0 saturated heterocycles. The zero-order valence-electron chi connectivity index (χ0n) is 10.7. The monoisotopic (exact) mass is 265 g/mol. The molecule has 2 N–H and O–H groups in total. The number of hydrogen-bond donors (Lipinski definition) is 2. The summed E-state index contributed by atoms with van der Waals surface area (Å²) in [6.45, 7) is 2.41. The van der Waals surface area contributed by atoms with Crippen LogP contribution < -0.4 is 5.32 Å². The number of aliphatic hydroxyl groups is 1. The number of ether oxygens (including phenoxy) is 1. The first-order valence-corrected chi connectivity index (χ1v) is 5.94. The van der Waals surface area contributed by atoms with Crippen molar-refractivity contribution in [3.8, 4) is 11.8 Å². The van der Waals surface area contributed by atoms with E-state index in [0.29, 0.717) is 18.8 Å². The van der Waals surface area contributed by atoms with E-state index in [-0.39, 0.29) is 24.6 Å². The molecule has 4 nitrogen and oxygen atoms in total. The van der Waals surface area contributed by atoms with Gasteiger partial charge in [0.15, 0.2) is 0 Å². The van der Waals surface area contributed by atoms with Gasteiger partial charge in [0.05, 0.1) is 18.7 Å². The van der Waals surface area contributed by atoms with Crippen LogP contribution in [0.4, 0.5) is 10.1 Å². The second kappa shape index (κ2) is 8.25. The standard InChI is InChI=1S/C14H16FNO3/c1-2-19-9-7-14(18)16-13-6-5-11(4-3-8-17)10-12(13)15/h5-6,10,17H,2,7-9H2,1H3,(H,16,18). The van der Waals surface area contributed by atoms with E-state index in [1.165, 1.54) is 12.1 Å². The molecule has 0 spiro atoms. The second-order valence-corrected chi connectivity index (χ2v) is 3.65. The van der Waals surface area contributed by atoms with Crippen LogP contribution in [0.25, 0.3) is 0 Å². The topological polar surface area (TPSA) is 58.6 Å². The number of carbonyl (C=O) groups is 1. The summed E-state index contributed by atoms with van der Waals surface area (Å²) in [5.41, 5.74) is 0.551. The summed E-state index contributed by atoms with van der Waals surface area (Å²) in [5, 5.41) is 11.0. The van der Waals surface area contributed by atoms with Gasteiger partial charge >= 0.3 is 0 Å². The number of nitrogens with one attached hydrogen (secondary N) is 1. The van der Waals surface area contributed by atoms with Gasteiger partial charge in [0.2, 0.25) is 5.91 Å². The summed E-state index contributed by atoms with van der Waals surface area (Å²) >= 11 is 0. The maximum Gasteiger partial charge on any atom is 0.226 e. The fourth-order valence-corrected chi connectivity index (χ4v) is 1.36. The lowest BCUT2D eigenvalue weighted by atomic mass is 10.2. The Morgan fingerprint density at radius 2 is 2.32 bits per heavy atom. The van der Waals surface area contributed by atoms with Gasteiger partial charge in [0, 0.05) is 12.2 Å². The molecule has 0 aliphatic heterocycles. The number of amides is 1. The molecule has 1 rings (SSSR count). The number of hydrogen-bond acceptors (Lipinski definition) is 3. The molecule has 102 valence electrons. The Kier molecular flexibility index (Phi) is 6.58. The summed E-state index contributed by atoms with van der Waals surface area (Å²) in [6.07, 6.45) is 0.180. The van der Waals surface area contributed by atoms with E-state index >= 15 is 0 Å². The minimum Gasteiger partial charge on any atom is -0.384 e. The predicted octanol–water partition coefficient (Wildman–Crippen LogP) is 1.53. The molecule has 0 aromatic heterocycles. The molecular weight excluding hydrogens is 249 g/mol. The summed E-state index contributed by atoms with van der Waals surface area (Å²) in [7, 11) is 0. The highest BCUT2D eigenvalue weighted by Crippen LogP contribution is 2.15. The third kappa shape index (κ3) is 5.51. The third-order valence-electron chi connectivity index (χ3n) is 2.23. The van der Waals surface area contributed by atoms with Crippen LogP contribution in [0, 0.1) is 17.7 Å². The molecule has 1 aromatic rings. The molecule has 1 amide bonds. The van der Waals surface area contributed by atoms with Crippen molar-refractivity contribution in [3.05, 3.63) is 29.6 Å². The summed E-state index contributed by atoms with van der Waals surface area (Å²) in [4.78, 5) is 11.5. The minimum atomic E-state index is -0.561. The van der Waals surface area contributed by atoms with Crippen LogP contribution >= 0.6 is 0 Å². The maximum atomic E-state index is 13.6. The Balaban J connectivity index is 2.62. The van der Waals surface area contributed by atoms with Crippen LogP contribution in [0.1, 0.15) is 18.9 Å². The molecule has 0 radical (unpaired) electrons. The average molecular weight is 265 g/mol. The lowest BCUT2D eigenvalue weighted by Crippen LogP contribution is -2.15. The average Bonchev–Trinajstić information content (AvgIpc) is 2.39. The molecule has 0 heterocycles. The van der Waals surface area contributed by atoms with Crippen LogP contribution in [0.15, 0.2) is 18.2 Å². The number of benzene rings is 1. The van der Waals surface area contributed by atoms with Crippen LogP contribution in [0.2, 0.25) is 0 Å². The lowest BCUT2D eigenvalue weighted by molar-refractivity contribution is -0.117.